The van der Waals surface area contributed by atoms with Crippen LogP contribution in [0.3, 0.4) is 0 Å². The van der Waals surface area contributed by atoms with Crippen LogP contribution in [0.5, 0.6) is 0 Å². The maximum Gasteiger partial charge on any atom is 0.262 e. The normalized spacial score (nSPS) is 13.0. The van der Waals surface area contributed by atoms with E-state index in [-0.39, 0.29) is 12.5 Å². The van der Waals surface area contributed by atoms with Crippen LogP contribution < -0.4 is 0 Å². The summed E-state index contributed by atoms with van der Waals surface area (Å²) < 4.78 is 5.12. The van der Waals surface area contributed by atoms with Crippen LogP contribution in [0, 0.1) is 6.92 Å². The van der Waals surface area contributed by atoms with Crippen LogP contribution in [0.1, 0.15) is 38.3 Å². The summed E-state index contributed by atoms with van der Waals surface area (Å²) >= 11 is 0. The standard InChI is InChI=1S/C23H26N2O4/c1-17-10-11-19-20(15-17)23(28)25(22(19)27)16-21(26)24(13-14-29-2)12-6-9-18-7-4-3-5-8-18/h3-5,7-8,10-11,15H,6,9,12-14,16H2,1-2H3. The van der Waals surface area contributed by atoms with Gasteiger partial charge in [0.15, 0.2) is 0 Å². The molecule has 0 spiro atoms. The molecule has 0 unspecified atom stereocenters. The molecule has 0 fully saturated rings. The summed E-state index contributed by atoms with van der Waals surface area (Å²) in [6, 6.07) is 15.2. The lowest BCUT2D eigenvalue weighted by Crippen LogP contribution is -2.44. The monoisotopic (exact) mass is 394 g/mol. The summed E-state index contributed by atoms with van der Waals surface area (Å²) in [6.45, 7) is 2.98. The molecule has 1 aliphatic rings. The molecule has 0 radical (unpaired) electrons. The van der Waals surface area contributed by atoms with Crippen LogP contribution in [0.25, 0.3) is 0 Å². The first-order valence-corrected chi connectivity index (χ1v) is 9.78. The summed E-state index contributed by atoms with van der Waals surface area (Å²) in [5.74, 6) is -1.06. The third kappa shape index (κ3) is 4.90. The number of carbonyl (C=O) groups excluding carboxylic acids is 3. The van der Waals surface area contributed by atoms with E-state index in [1.807, 2.05) is 25.1 Å². The molecular formula is C23H26N2O4. The van der Waals surface area contributed by atoms with Crippen molar-refractivity contribution in [3.05, 3.63) is 70.8 Å². The van der Waals surface area contributed by atoms with Gasteiger partial charge in [0, 0.05) is 20.2 Å². The smallest absolute Gasteiger partial charge is 0.262 e. The highest BCUT2D eigenvalue weighted by Gasteiger charge is 2.37. The SMILES string of the molecule is COCCN(CCCc1ccccc1)C(=O)CN1C(=O)c2ccc(C)cc2C1=O. The van der Waals surface area contributed by atoms with Gasteiger partial charge in [0.25, 0.3) is 11.8 Å². The minimum atomic E-state index is -0.408. The summed E-state index contributed by atoms with van der Waals surface area (Å²) in [4.78, 5) is 40.8. The third-order valence-electron chi connectivity index (χ3n) is 5.07. The molecule has 3 rings (SSSR count). The Labute approximate surface area is 171 Å². The number of ether oxygens (including phenoxy) is 1. The quantitative estimate of drug-likeness (QED) is 0.614. The Balaban J connectivity index is 1.63. The predicted molar refractivity (Wildman–Crippen MR) is 110 cm³/mol. The Morgan fingerprint density at radius 3 is 2.45 bits per heavy atom. The second kappa shape index (κ2) is 9.47. The molecule has 0 aromatic heterocycles. The summed E-state index contributed by atoms with van der Waals surface area (Å²) in [7, 11) is 1.58. The lowest BCUT2D eigenvalue weighted by molar-refractivity contribution is -0.132. The molecule has 0 atom stereocenters. The van der Waals surface area contributed by atoms with Gasteiger partial charge in [-0.25, -0.2) is 0 Å². The van der Waals surface area contributed by atoms with Gasteiger partial charge in [-0.3, -0.25) is 19.3 Å². The van der Waals surface area contributed by atoms with E-state index in [4.69, 9.17) is 4.74 Å². The van der Waals surface area contributed by atoms with E-state index in [0.29, 0.717) is 30.8 Å². The van der Waals surface area contributed by atoms with Crippen molar-refractivity contribution in [1.82, 2.24) is 9.80 Å². The van der Waals surface area contributed by atoms with Crippen LogP contribution in [-0.2, 0) is 16.0 Å². The molecule has 2 aromatic carbocycles. The van der Waals surface area contributed by atoms with Gasteiger partial charge in [-0.05, 0) is 37.5 Å². The van der Waals surface area contributed by atoms with Gasteiger partial charge in [-0.1, -0.05) is 42.0 Å². The molecule has 6 heteroatoms. The van der Waals surface area contributed by atoms with Gasteiger partial charge >= 0.3 is 0 Å². The summed E-state index contributed by atoms with van der Waals surface area (Å²) in [5, 5.41) is 0. The van der Waals surface area contributed by atoms with Crippen LogP contribution in [0.4, 0.5) is 0 Å². The number of nitrogens with zero attached hydrogens (tertiary/aromatic N) is 2. The minimum absolute atomic E-state index is 0.249. The van der Waals surface area contributed by atoms with E-state index in [1.165, 1.54) is 5.56 Å². The molecule has 6 nitrogen and oxygen atoms in total. The lowest BCUT2D eigenvalue weighted by Gasteiger charge is -2.24. The number of rotatable bonds is 9. The zero-order valence-electron chi connectivity index (χ0n) is 16.9. The van der Waals surface area contributed by atoms with Crippen LogP contribution in [0.2, 0.25) is 0 Å². The summed E-state index contributed by atoms with van der Waals surface area (Å²) in [6.07, 6.45) is 1.64. The van der Waals surface area contributed by atoms with Crippen molar-refractivity contribution < 1.29 is 19.1 Å². The molecule has 0 saturated heterocycles. The topological polar surface area (TPSA) is 66.9 Å². The van der Waals surface area contributed by atoms with Crippen molar-refractivity contribution in [2.24, 2.45) is 0 Å². The van der Waals surface area contributed by atoms with Crippen molar-refractivity contribution in [2.45, 2.75) is 19.8 Å². The van der Waals surface area contributed by atoms with E-state index in [1.54, 1.807) is 30.2 Å². The highest BCUT2D eigenvalue weighted by Crippen LogP contribution is 2.23. The van der Waals surface area contributed by atoms with Crippen molar-refractivity contribution in [3.8, 4) is 0 Å². The van der Waals surface area contributed by atoms with E-state index < -0.39 is 11.8 Å². The second-order valence-corrected chi connectivity index (χ2v) is 7.21. The molecule has 3 amide bonds. The van der Waals surface area contributed by atoms with Gasteiger partial charge in [0.1, 0.15) is 6.54 Å². The van der Waals surface area contributed by atoms with Crippen LogP contribution in [0.15, 0.2) is 48.5 Å². The number of hydrogen-bond acceptors (Lipinski definition) is 4. The first kappa shape index (κ1) is 20.7. The first-order chi connectivity index (χ1) is 14.0. The molecular weight excluding hydrogens is 368 g/mol. The lowest BCUT2D eigenvalue weighted by atomic mass is 10.1. The molecule has 0 aliphatic carbocycles. The van der Waals surface area contributed by atoms with Crippen molar-refractivity contribution >= 4 is 17.7 Å². The molecule has 152 valence electrons. The number of hydrogen-bond donors (Lipinski definition) is 0. The fourth-order valence-electron chi connectivity index (χ4n) is 3.46. The molecule has 1 heterocycles. The maximum atomic E-state index is 12.9. The van der Waals surface area contributed by atoms with Gasteiger partial charge in [0.05, 0.1) is 17.7 Å². The number of amides is 3. The van der Waals surface area contributed by atoms with Crippen molar-refractivity contribution in [1.29, 1.82) is 0 Å². The summed E-state index contributed by atoms with van der Waals surface area (Å²) in [5.41, 5.74) is 2.85. The fourth-order valence-corrected chi connectivity index (χ4v) is 3.46. The Morgan fingerprint density at radius 2 is 1.72 bits per heavy atom. The van der Waals surface area contributed by atoms with Crippen LogP contribution in [-0.4, -0.2) is 60.9 Å². The van der Waals surface area contributed by atoms with Crippen molar-refractivity contribution in [2.75, 3.05) is 33.4 Å². The zero-order valence-corrected chi connectivity index (χ0v) is 16.9. The average molecular weight is 394 g/mol. The van der Waals surface area contributed by atoms with E-state index in [2.05, 4.69) is 12.1 Å². The number of benzene rings is 2. The number of aryl methyl sites for hydroxylation is 2. The molecule has 0 bridgehead atoms. The van der Waals surface area contributed by atoms with Gasteiger partial charge in [0.2, 0.25) is 5.91 Å². The number of carbonyl (C=O) groups is 3. The molecule has 1 aliphatic heterocycles. The average Bonchev–Trinajstić information content (AvgIpc) is 2.95. The molecule has 0 saturated carbocycles. The Morgan fingerprint density at radius 1 is 1.00 bits per heavy atom. The van der Waals surface area contributed by atoms with Gasteiger partial charge < -0.3 is 9.64 Å². The Hall–Kier alpha value is -2.99. The maximum absolute atomic E-state index is 12.9. The van der Waals surface area contributed by atoms with E-state index >= 15 is 0 Å². The molecule has 0 N–H and O–H groups in total. The predicted octanol–water partition coefficient (Wildman–Crippen LogP) is 2.70. The molecule has 29 heavy (non-hydrogen) atoms. The largest absolute Gasteiger partial charge is 0.383 e. The number of methoxy groups -OCH3 is 1. The third-order valence-corrected chi connectivity index (χ3v) is 5.07. The van der Waals surface area contributed by atoms with Gasteiger partial charge in [-0.2, -0.15) is 0 Å². The second-order valence-electron chi connectivity index (χ2n) is 7.21. The first-order valence-electron chi connectivity index (χ1n) is 9.78. The highest BCUT2D eigenvalue weighted by molar-refractivity contribution is 6.22. The highest BCUT2D eigenvalue weighted by atomic mass is 16.5. The zero-order chi connectivity index (χ0) is 20.8. The number of imide groups is 1. The van der Waals surface area contributed by atoms with Gasteiger partial charge in [-0.15, -0.1) is 0 Å². The van der Waals surface area contributed by atoms with Crippen LogP contribution >= 0.6 is 0 Å². The number of fused-ring (bicyclic) bond motifs is 1. The van der Waals surface area contributed by atoms with Crippen molar-refractivity contribution in [3.63, 3.8) is 0 Å². The van der Waals surface area contributed by atoms with E-state index in [0.717, 1.165) is 23.3 Å². The molecule has 2 aromatic rings. The van der Waals surface area contributed by atoms with E-state index in [9.17, 15) is 14.4 Å². The minimum Gasteiger partial charge on any atom is -0.383 e. The fraction of sp³-hybridized carbons (Fsp3) is 0.348. The Bertz CT molecular complexity index is 895. The Kier molecular flexibility index (Phi) is 6.77.